The summed E-state index contributed by atoms with van der Waals surface area (Å²) in [5.41, 5.74) is 4.36. The summed E-state index contributed by atoms with van der Waals surface area (Å²) in [7, 11) is 0. The number of amides is 2. The summed E-state index contributed by atoms with van der Waals surface area (Å²) < 4.78 is 0. The van der Waals surface area contributed by atoms with Crippen molar-refractivity contribution in [1.29, 1.82) is 5.26 Å². The zero-order valence-electron chi connectivity index (χ0n) is 14.3. The lowest BCUT2D eigenvalue weighted by Gasteiger charge is -2.05. The molecule has 3 aromatic rings. The fraction of sp³-hybridized carbons (Fsp3) is 0.0476. The number of carbonyl (C=O) groups is 2. The Kier molecular flexibility index (Phi) is 5.55. The number of hydrogen-bond acceptors (Lipinski definition) is 4. The van der Waals surface area contributed by atoms with Gasteiger partial charge in [-0.3, -0.25) is 9.59 Å². The number of benzene rings is 3. The average molecular weight is 356 g/mol. The first-order chi connectivity index (χ1) is 13.2. The number of nitrogens with zero attached hydrogens (tertiary/aromatic N) is 2. The van der Waals surface area contributed by atoms with Crippen molar-refractivity contribution in [2.75, 3.05) is 5.32 Å². The molecule has 3 rings (SSSR count). The Labute approximate surface area is 156 Å². The van der Waals surface area contributed by atoms with E-state index in [-0.39, 0.29) is 6.42 Å². The molecule has 0 aliphatic rings. The van der Waals surface area contributed by atoms with Crippen molar-refractivity contribution in [3.05, 3.63) is 77.9 Å². The second-order valence-corrected chi connectivity index (χ2v) is 5.75. The zero-order chi connectivity index (χ0) is 19.1. The third-order valence-corrected chi connectivity index (χ3v) is 3.89. The van der Waals surface area contributed by atoms with Crippen molar-refractivity contribution in [3.63, 3.8) is 0 Å². The highest BCUT2D eigenvalue weighted by molar-refractivity contribution is 6.39. The first-order valence-electron chi connectivity index (χ1n) is 8.25. The van der Waals surface area contributed by atoms with Crippen LogP contribution in [0.1, 0.15) is 11.1 Å². The standard InChI is InChI=1S/C21H16N4O2/c22-13-12-15-8-10-18(11-9-15)24-20(26)21(27)25-23-14-17-6-3-5-16-4-1-2-7-19(16)17/h1-11,14H,12H2,(H,24,26)(H,25,27)/b23-14+. The third-order valence-electron chi connectivity index (χ3n) is 3.89. The number of anilines is 1. The van der Waals surface area contributed by atoms with Gasteiger partial charge in [-0.05, 0) is 28.5 Å². The van der Waals surface area contributed by atoms with Crippen LogP contribution in [0.15, 0.2) is 71.8 Å². The monoisotopic (exact) mass is 356 g/mol. The van der Waals surface area contributed by atoms with E-state index in [1.165, 1.54) is 6.21 Å². The summed E-state index contributed by atoms with van der Waals surface area (Å²) in [5, 5.41) is 17.1. The number of rotatable bonds is 4. The first kappa shape index (κ1) is 17.8. The average Bonchev–Trinajstić information content (AvgIpc) is 2.69. The van der Waals surface area contributed by atoms with Crippen molar-refractivity contribution < 1.29 is 9.59 Å². The molecule has 0 heterocycles. The van der Waals surface area contributed by atoms with E-state index in [1.54, 1.807) is 24.3 Å². The molecule has 0 radical (unpaired) electrons. The molecule has 0 saturated carbocycles. The minimum Gasteiger partial charge on any atom is -0.318 e. The topological polar surface area (TPSA) is 94.4 Å². The van der Waals surface area contributed by atoms with Crippen LogP contribution in [0.25, 0.3) is 10.8 Å². The molecule has 0 unspecified atom stereocenters. The van der Waals surface area contributed by atoms with Gasteiger partial charge in [-0.25, -0.2) is 5.43 Å². The third kappa shape index (κ3) is 4.55. The van der Waals surface area contributed by atoms with Crippen LogP contribution in [-0.4, -0.2) is 18.0 Å². The van der Waals surface area contributed by atoms with Gasteiger partial charge in [0, 0.05) is 11.3 Å². The Hall–Kier alpha value is -3.98. The molecule has 0 aliphatic heterocycles. The van der Waals surface area contributed by atoms with E-state index < -0.39 is 11.8 Å². The van der Waals surface area contributed by atoms with E-state index in [0.29, 0.717) is 5.69 Å². The largest absolute Gasteiger partial charge is 0.329 e. The van der Waals surface area contributed by atoms with E-state index in [1.807, 2.05) is 48.5 Å². The molecule has 27 heavy (non-hydrogen) atoms. The predicted octanol–water partition coefficient (Wildman–Crippen LogP) is 2.99. The Bertz CT molecular complexity index is 1040. The van der Waals surface area contributed by atoms with Gasteiger partial charge in [-0.2, -0.15) is 10.4 Å². The zero-order valence-corrected chi connectivity index (χ0v) is 14.3. The highest BCUT2D eigenvalue weighted by Crippen LogP contribution is 2.16. The highest BCUT2D eigenvalue weighted by atomic mass is 16.2. The second-order valence-electron chi connectivity index (χ2n) is 5.75. The van der Waals surface area contributed by atoms with Crippen LogP contribution in [0.4, 0.5) is 5.69 Å². The molecular weight excluding hydrogens is 340 g/mol. The summed E-state index contributed by atoms with van der Waals surface area (Å²) in [6.07, 6.45) is 1.79. The summed E-state index contributed by atoms with van der Waals surface area (Å²) in [6, 6.07) is 22.3. The SMILES string of the molecule is N#CCc1ccc(NC(=O)C(=O)N/N=C/c2cccc3ccccc23)cc1. The van der Waals surface area contributed by atoms with Crippen LogP contribution >= 0.6 is 0 Å². The molecule has 132 valence electrons. The lowest BCUT2D eigenvalue weighted by Crippen LogP contribution is -2.32. The van der Waals surface area contributed by atoms with Gasteiger partial charge < -0.3 is 5.32 Å². The maximum Gasteiger partial charge on any atom is 0.329 e. The van der Waals surface area contributed by atoms with Gasteiger partial charge in [0.25, 0.3) is 0 Å². The van der Waals surface area contributed by atoms with E-state index in [9.17, 15) is 9.59 Å². The van der Waals surface area contributed by atoms with Gasteiger partial charge in [0.15, 0.2) is 0 Å². The molecule has 0 fully saturated rings. The molecule has 0 bridgehead atoms. The Morgan fingerprint density at radius 2 is 1.70 bits per heavy atom. The summed E-state index contributed by atoms with van der Waals surface area (Å²) in [5.74, 6) is -1.69. The van der Waals surface area contributed by atoms with E-state index in [0.717, 1.165) is 21.9 Å². The Morgan fingerprint density at radius 3 is 2.48 bits per heavy atom. The smallest absolute Gasteiger partial charge is 0.318 e. The quantitative estimate of drug-likeness (QED) is 0.427. The van der Waals surface area contributed by atoms with Crippen LogP contribution in [0.5, 0.6) is 0 Å². The molecule has 0 spiro atoms. The molecule has 0 aromatic heterocycles. The number of hydrazone groups is 1. The van der Waals surface area contributed by atoms with Crippen molar-refractivity contribution in [1.82, 2.24) is 5.43 Å². The maximum absolute atomic E-state index is 11.9. The van der Waals surface area contributed by atoms with Crippen LogP contribution in [-0.2, 0) is 16.0 Å². The van der Waals surface area contributed by atoms with E-state index in [4.69, 9.17) is 5.26 Å². The van der Waals surface area contributed by atoms with Gasteiger partial charge >= 0.3 is 11.8 Å². The van der Waals surface area contributed by atoms with Crippen LogP contribution in [0.3, 0.4) is 0 Å². The molecule has 0 saturated heterocycles. The molecular formula is C21H16N4O2. The number of fused-ring (bicyclic) bond motifs is 1. The highest BCUT2D eigenvalue weighted by Gasteiger charge is 2.12. The maximum atomic E-state index is 11.9. The van der Waals surface area contributed by atoms with Gasteiger partial charge in [0.1, 0.15) is 0 Å². The van der Waals surface area contributed by atoms with Crippen LogP contribution in [0.2, 0.25) is 0 Å². The molecule has 0 atom stereocenters. The number of hydrogen-bond donors (Lipinski definition) is 2. The van der Waals surface area contributed by atoms with Crippen molar-refractivity contribution in [3.8, 4) is 6.07 Å². The van der Waals surface area contributed by atoms with Crippen molar-refractivity contribution in [2.24, 2.45) is 5.10 Å². The summed E-state index contributed by atoms with van der Waals surface area (Å²) >= 11 is 0. The fourth-order valence-electron chi connectivity index (χ4n) is 2.56. The lowest BCUT2D eigenvalue weighted by molar-refractivity contribution is -0.136. The van der Waals surface area contributed by atoms with Gasteiger partial charge in [0.2, 0.25) is 0 Å². The Balaban J connectivity index is 1.60. The van der Waals surface area contributed by atoms with E-state index in [2.05, 4.69) is 15.8 Å². The van der Waals surface area contributed by atoms with E-state index >= 15 is 0 Å². The summed E-state index contributed by atoms with van der Waals surface area (Å²) in [6.45, 7) is 0. The Morgan fingerprint density at radius 1 is 0.963 bits per heavy atom. The molecule has 2 amide bonds. The summed E-state index contributed by atoms with van der Waals surface area (Å²) in [4.78, 5) is 23.8. The van der Waals surface area contributed by atoms with Crippen LogP contribution < -0.4 is 10.7 Å². The van der Waals surface area contributed by atoms with Gasteiger partial charge in [0.05, 0.1) is 18.7 Å². The molecule has 6 nitrogen and oxygen atoms in total. The molecule has 0 aliphatic carbocycles. The van der Waals surface area contributed by atoms with Crippen molar-refractivity contribution >= 4 is 34.5 Å². The first-order valence-corrected chi connectivity index (χ1v) is 8.25. The van der Waals surface area contributed by atoms with Gasteiger partial charge in [-0.15, -0.1) is 0 Å². The number of nitrogens with one attached hydrogen (secondary N) is 2. The lowest BCUT2D eigenvalue weighted by atomic mass is 10.1. The number of carbonyl (C=O) groups excluding carboxylic acids is 2. The van der Waals surface area contributed by atoms with Crippen molar-refractivity contribution in [2.45, 2.75) is 6.42 Å². The van der Waals surface area contributed by atoms with Crippen LogP contribution in [0, 0.1) is 11.3 Å². The normalized spacial score (nSPS) is 10.5. The minimum atomic E-state index is -0.868. The molecule has 2 N–H and O–H groups in total. The minimum absolute atomic E-state index is 0.289. The molecule has 6 heteroatoms. The number of nitriles is 1. The molecule has 3 aromatic carbocycles. The predicted molar refractivity (Wildman–Crippen MR) is 104 cm³/mol. The fourth-order valence-corrected chi connectivity index (χ4v) is 2.56. The van der Waals surface area contributed by atoms with Gasteiger partial charge in [-0.1, -0.05) is 54.6 Å². The second kappa shape index (κ2) is 8.41.